The first kappa shape index (κ1) is 18.6. The number of hydrogen-bond acceptors (Lipinski definition) is 3. The molecule has 2 aromatic rings. The molecule has 0 aliphatic heterocycles. The second kappa shape index (κ2) is 7.41. The van der Waals surface area contributed by atoms with Gasteiger partial charge >= 0.3 is 0 Å². The van der Waals surface area contributed by atoms with Crippen molar-refractivity contribution >= 4 is 8.32 Å². The number of rotatable bonds is 6. The van der Waals surface area contributed by atoms with Gasteiger partial charge in [0.15, 0.2) is 8.32 Å². The molecule has 0 radical (unpaired) electrons. The van der Waals surface area contributed by atoms with Crippen molar-refractivity contribution in [1.29, 1.82) is 0 Å². The normalized spacial score (nSPS) is 12.2. The monoisotopic (exact) mass is 344 g/mol. The predicted molar refractivity (Wildman–Crippen MR) is 101 cm³/mol. The highest BCUT2D eigenvalue weighted by Crippen LogP contribution is 2.37. The topological polar surface area (TPSA) is 38.7 Å². The third-order valence-corrected chi connectivity index (χ3v) is 9.08. The second-order valence-electron chi connectivity index (χ2n) is 7.66. The van der Waals surface area contributed by atoms with E-state index >= 15 is 0 Å². The molecule has 24 heavy (non-hydrogen) atoms. The SMILES string of the molecule is CC(C)(C)[Si](C)(C)OCc1cc(O)cc(OCc2ccccc2)c1. The fourth-order valence-corrected chi connectivity index (χ4v) is 2.99. The molecule has 1 N–H and O–H groups in total. The van der Waals surface area contributed by atoms with Gasteiger partial charge in [-0.15, -0.1) is 0 Å². The maximum absolute atomic E-state index is 9.96. The van der Waals surface area contributed by atoms with Gasteiger partial charge in [-0.2, -0.15) is 0 Å². The van der Waals surface area contributed by atoms with Gasteiger partial charge in [0.25, 0.3) is 0 Å². The number of ether oxygens (including phenoxy) is 1. The summed E-state index contributed by atoms with van der Waals surface area (Å²) in [5.74, 6) is 0.863. The summed E-state index contributed by atoms with van der Waals surface area (Å²) in [6.07, 6.45) is 0. The molecule has 130 valence electrons. The number of benzene rings is 2. The highest BCUT2D eigenvalue weighted by molar-refractivity contribution is 6.74. The van der Waals surface area contributed by atoms with Gasteiger partial charge in [-0.05, 0) is 41.4 Å². The van der Waals surface area contributed by atoms with Gasteiger partial charge in [0.2, 0.25) is 0 Å². The van der Waals surface area contributed by atoms with E-state index in [0.717, 1.165) is 11.1 Å². The van der Waals surface area contributed by atoms with Crippen LogP contribution in [0.3, 0.4) is 0 Å². The molecule has 0 aliphatic rings. The molecule has 0 aliphatic carbocycles. The van der Waals surface area contributed by atoms with Gasteiger partial charge in [-0.3, -0.25) is 0 Å². The summed E-state index contributed by atoms with van der Waals surface area (Å²) >= 11 is 0. The highest BCUT2D eigenvalue weighted by atomic mass is 28.4. The molecule has 0 spiro atoms. The van der Waals surface area contributed by atoms with Crippen LogP contribution in [0.15, 0.2) is 48.5 Å². The van der Waals surface area contributed by atoms with Crippen molar-refractivity contribution in [2.75, 3.05) is 0 Å². The molecule has 0 fully saturated rings. The predicted octanol–water partition coefficient (Wildman–Crippen LogP) is 5.49. The summed E-state index contributed by atoms with van der Waals surface area (Å²) in [4.78, 5) is 0. The van der Waals surface area contributed by atoms with Gasteiger partial charge in [-0.1, -0.05) is 51.1 Å². The van der Waals surface area contributed by atoms with E-state index in [-0.39, 0.29) is 10.8 Å². The zero-order chi connectivity index (χ0) is 17.8. The molecule has 2 aromatic carbocycles. The van der Waals surface area contributed by atoms with Crippen molar-refractivity contribution in [3.05, 3.63) is 59.7 Å². The Labute approximate surface area is 146 Å². The zero-order valence-corrected chi connectivity index (χ0v) is 16.3. The van der Waals surface area contributed by atoms with E-state index in [1.165, 1.54) is 0 Å². The van der Waals surface area contributed by atoms with E-state index in [0.29, 0.717) is 19.0 Å². The van der Waals surface area contributed by atoms with E-state index in [1.54, 1.807) is 12.1 Å². The van der Waals surface area contributed by atoms with Gasteiger partial charge in [0, 0.05) is 6.07 Å². The van der Waals surface area contributed by atoms with Crippen LogP contribution in [-0.2, 0) is 17.6 Å². The Morgan fingerprint density at radius 2 is 1.58 bits per heavy atom. The van der Waals surface area contributed by atoms with Crippen molar-refractivity contribution < 1.29 is 14.3 Å². The van der Waals surface area contributed by atoms with Crippen molar-refractivity contribution in [3.63, 3.8) is 0 Å². The lowest BCUT2D eigenvalue weighted by molar-refractivity contribution is 0.272. The molecule has 0 bridgehead atoms. The molecular formula is C20H28O3Si. The number of aromatic hydroxyl groups is 1. The average molecular weight is 345 g/mol. The standard InChI is InChI=1S/C20H28O3Si/c1-20(2,3)24(4,5)23-15-17-11-18(21)13-19(12-17)22-14-16-9-7-6-8-10-16/h6-13,21H,14-15H2,1-5H3. The molecule has 4 heteroatoms. The van der Waals surface area contributed by atoms with E-state index in [1.807, 2.05) is 36.4 Å². The largest absolute Gasteiger partial charge is 0.508 e. The number of hydrogen-bond donors (Lipinski definition) is 1. The van der Waals surface area contributed by atoms with Crippen LogP contribution in [-0.4, -0.2) is 13.4 Å². The lowest BCUT2D eigenvalue weighted by atomic mass is 10.2. The van der Waals surface area contributed by atoms with Crippen LogP contribution < -0.4 is 4.74 Å². The third kappa shape index (κ3) is 5.11. The van der Waals surface area contributed by atoms with E-state index in [9.17, 15) is 5.11 Å². The van der Waals surface area contributed by atoms with Crippen LogP contribution in [0.5, 0.6) is 11.5 Å². The first-order chi connectivity index (χ1) is 11.2. The van der Waals surface area contributed by atoms with E-state index < -0.39 is 8.32 Å². The summed E-state index contributed by atoms with van der Waals surface area (Å²) in [6, 6.07) is 15.3. The molecule has 0 unspecified atom stereocenters. The minimum absolute atomic E-state index is 0.163. The lowest BCUT2D eigenvalue weighted by Crippen LogP contribution is -2.40. The first-order valence-corrected chi connectivity index (χ1v) is 11.2. The molecule has 0 saturated heterocycles. The minimum atomic E-state index is -1.82. The van der Waals surface area contributed by atoms with Crippen molar-refractivity contribution in [1.82, 2.24) is 0 Å². The molecule has 0 saturated carbocycles. The van der Waals surface area contributed by atoms with E-state index in [2.05, 4.69) is 33.9 Å². The molecule has 0 aromatic heterocycles. The third-order valence-electron chi connectivity index (χ3n) is 4.61. The Kier molecular flexibility index (Phi) is 5.73. The number of phenolic OH excluding ortho intramolecular Hbond substituents is 1. The molecular weight excluding hydrogens is 316 g/mol. The molecule has 0 heterocycles. The molecule has 3 nitrogen and oxygen atoms in total. The molecule has 0 amide bonds. The Morgan fingerprint density at radius 3 is 2.21 bits per heavy atom. The summed E-state index contributed by atoms with van der Waals surface area (Å²) in [5, 5.41) is 10.1. The smallest absolute Gasteiger partial charge is 0.192 e. The van der Waals surface area contributed by atoms with E-state index in [4.69, 9.17) is 9.16 Å². The molecule has 2 rings (SSSR count). The Balaban J connectivity index is 2.03. The summed E-state index contributed by atoms with van der Waals surface area (Å²) in [5.41, 5.74) is 2.03. The first-order valence-electron chi connectivity index (χ1n) is 8.31. The molecule has 0 atom stereocenters. The minimum Gasteiger partial charge on any atom is -0.508 e. The quantitative estimate of drug-likeness (QED) is 0.704. The van der Waals surface area contributed by atoms with Crippen LogP contribution in [0, 0.1) is 0 Å². The van der Waals surface area contributed by atoms with Crippen LogP contribution in [0.25, 0.3) is 0 Å². The Bertz CT molecular complexity index is 660. The second-order valence-corrected chi connectivity index (χ2v) is 12.5. The van der Waals surface area contributed by atoms with Crippen molar-refractivity contribution in [2.24, 2.45) is 0 Å². The van der Waals surface area contributed by atoms with Crippen LogP contribution in [0.4, 0.5) is 0 Å². The van der Waals surface area contributed by atoms with Crippen LogP contribution >= 0.6 is 0 Å². The summed E-state index contributed by atoms with van der Waals surface area (Å²) in [7, 11) is -1.82. The van der Waals surface area contributed by atoms with Crippen molar-refractivity contribution in [2.45, 2.75) is 52.1 Å². The fourth-order valence-electron chi connectivity index (χ4n) is 2.03. The lowest BCUT2D eigenvalue weighted by Gasteiger charge is -2.36. The van der Waals surface area contributed by atoms with Gasteiger partial charge in [-0.25, -0.2) is 0 Å². The maximum Gasteiger partial charge on any atom is 0.192 e. The van der Waals surface area contributed by atoms with Crippen molar-refractivity contribution in [3.8, 4) is 11.5 Å². The van der Waals surface area contributed by atoms with Gasteiger partial charge in [0.1, 0.15) is 18.1 Å². The summed E-state index contributed by atoms with van der Waals surface area (Å²) < 4.78 is 12.0. The average Bonchev–Trinajstić information content (AvgIpc) is 2.51. The van der Waals surface area contributed by atoms with Crippen LogP contribution in [0.1, 0.15) is 31.9 Å². The maximum atomic E-state index is 9.96. The van der Waals surface area contributed by atoms with Crippen LogP contribution in [0.2, 0.25) is 18.1 Å². The zero-order valence-electron chi connectivity index (χ0n) is 15.3. The fraction of sp³-hybridized carbons (Fsp3) is 0.400. The Hall–Kier alpha value is -1.78. The summed E-state index contributed by atoms with van der Waals surface area (Å²) in [6.45, 7) is 12.1. The Morgan fingerprint density at radius 1 is 0.917 bits per heavy atom. The number of phenols is 1. The van der Waals surface area contributed by atoms with Gasteiger partial charge < -0.3 is 14.3 Å². The highest BCUT2D eigenvalue weighted by Gasteiger charge is 2.37. The van der Waals surface area contributed by atoms with Gasteiger partial charge in [0.05, 0.1) is 6.61 Å².